The first-order valence-corrected chi connectivity index (χ1v) is 7.81. The van der Waals surface area contributed by atoms with E-state index < -0.39 is 0 Å². The molecule has 2 aromatic carbocycles. The molecule has 0 N–H and O–H groups in total. The molecule has 21 heavy (non-hydrogen) atoms. The number of para-hydroxylation sites is 1. The smallest absolute Gasteiger partial charge is 0.0705 e. The van der Waals surface area contributed by atoms with E-state index in [9.17, 15) is 0 Å². The molecule has 1 aliphatic carbocycles. The van der Waals surface area contributed by atoms with E-state index in [0.717, 1.165) is 24.1 Å². The predicted molar refractivity (Wildman–Crippen MR) is 88.0 cm³/mol. The minimum atomic E-state index is 0.119. The number of hydrogen-bond donors (Lipinski definition) is 0. The molecule has 0 aliphatic heterocycles. The van der Waals surface area contributed by atoms with Gasteiger partial charge in [0.15, 0.2) is 0 Å². The molecule has 2 heteroatoms. The van der Waals surface area contributed by atoms with Gasteiger partial charge in [0.1, 0.15) is 0 Å². The van der Waals surface area contributed by atoms with E-state index in [1.807, 2.05) is 12.1 Å². The maximum absolute atomic E-state index is 6.66. The predicted octanol–water partition coefficient (Wildman–Crippen LogP) is 4.72. The fourth-order valence-corrected chi connectivity index (χ4v) is 3.57. The Morgan fingerprint density at radius 2 is 1.81 bits per heavy atom. The Hall–Kier alpha value is -1.86. The Morgan fingerprint density at radius 3 is 2.71 bits per heavy atom. The molecule has 104 valence electrons. The maximum Gasteiger partial charge on any atom is 0.0705 e. The van der Waals surface area contributed by atoms with Gasteiger partial charge in [-0.3, -0.25) is 4.98 Å². The summed E-state index contributed by atoms with van der Waals surface area (Å²) < 4.78 is 0. The fourth-order valence-electron chi connectivity index (χ4n) is 3.18. The van der Waals surface area contributed by atoms with Crippen molar-refractivity contribution in [3.05, 3.63) is 77.5 Å². The second kappa shape index (κ2) is 5.16. The zero-order valence-electron chi connectivity index (χ0n) is 11.7. The molecule has 0 radical (unpaired) electrons. The summed E-state index contributed by atoms with van der Waals surface area (Å²) in [6.07, 6.45) is 1.92. The van der Waals surface area contributed by atoms with Crippen LogP contribution in [0.1, 0.15) is 22.7 Å². The Balaban J connectivity index is 1.55. The number of fused-ring (bicyclic) bond motifs is 2. The number of rotatable bonds is 3. The largest absolute Gasteiger partial charge is 0.253 e. The highest BCUT2D eigenvalue weighted by molar-refractivity contribution is 6.21. The summed E-state index contributed by atoms with van der Waals surface area (Å²) in [5.41, 5.74) is 4.99. The van der Waals surface area contributed by atoms with Gasteiger partial charge >= 0.3 is 0 Å². The van der Waals surface area contributed by atoms with Crippen LogP contribution in [-0.2, 0) is 12.8 Å². The van der Waals surface area contributed by atoms with Crippen molar-refractivity contribution in [3.8, 4) is 0 Å². The maximum atomic E-state index is 6.66. The highest BCUT2D eigenvalue weighted by atomic mass is 35.5. The number of nitrogens with zero attached hydrogens (tertiary/aromatic N) is 1. The molecule has 1 aromatic heterocycles. The summed E-state index contributed by atoms with van der Waals surface area (Å²) in [6, 6.07) is 21.0. The Kier molecular flexibility index (Phi) is 3.16. The van der Waals surface area contributed by atoms with Crippen molar-refractivity contribution in [2.45, 2.75) is 24.1 Å². The lowest BCUT2D eigenvalue weighted by Gasteiger charge is -2.33. The third-order valence-corrected chi connectivity index (χ3v) is 4.85. The first kappa shape index (κ1) is 12.8. The molecule has 1 heterocycles. The van der Waals surface area contributed by atoms with E-state index in [4.69, 9.17) is 16.6 Å². The monoisotopic (exact) mass is 293 g/mol. The van der Waals surface area contributed by atoms with Crippen LogP contribution in [0, 0.1) is 0 Å². The normalized spacial score (nSPS) is 18.0. The zero-order valence-corrected chi connectivity index (χ0v) is 12.4. The quantitative estimate of drug-likeness (QED) is 0.637. The van der Waals surface area contributed by atoms with Crippen LogP contribution < -0.4 is 0 Å². The molecule has 0 fully saturated rings. The van der Waals surface area contributed by atoms with Crippen molar-refractivity contribution >= 4 is 22.5 Å². The SMILES string of the molecule is ClC(Cc1ccc2ccccc2n1)C1Cc2ccccc21. The first-order valence-electron chi connectivity index (χ1n) is 7.38. The van der Waals surface area contributed by atoms with Gasteiger partial charge in [-0.2, -0.15) is 0 Å². The summed E-state index contributed by atoms with van der Waals surface area (Å²) in [6.45, 7) is 0. The molecule has 1 aliphatic rings. The number of halogens is 1. The fraction of sp³-hybridized carbons (Fsp3) is 0.211. The van der Waals surface area contributed by atoms with Gasteiger partial charge in [0.05, 0.1) is 5.52 Å². The van der Waals surface area contributed by atoms with Gasteiger partial charge in [0, 0.05) is 28.8 Å². The van der Waals surface area contributed by atoms with Crippen LogP contribution in [0.2, 0.25) is 0 Å². The second-order valence-electron chi connectivity index (χ2n) is 5.72. The summed E-state index contributed by atoms with van der Waals surface area (Å²) >= 11 is 6.66. The Bertz CT molecular complexity index is 796. The molecular weight excluding hydrogens is 278 g/mol. The van der Waals surface area contributed by atoms with Gasteiger partial charge in [-0.1, -0.05) is 48.5 Å². The molecule has 0 spiro atoms. The minimum Gasteiger partial charge on any atom is -0.253 e. The lowest BCUT2D eigenvalue weighted by Crippen LogP contribution is -2.27. The van der Waals surface area contributed by atoms with E-state index in [1.165, 1.54) is 16.5 Å². The van der Waals surface area contributed by atoms with Gasteiger partial charge in [0.25, 0.3) is 0 Å². The number of benzene rings is 2. The lowest BCUT2D eigenvalue weighted by atomic mass is 9.75. The first-order chi connectivity index (χ1) is 10.3. The third-order valence-electron chi connectivity index (χ3n) is 4.39. The van der Waals surface area contributed by atoms with Crippen LogP contribution >= 0.6 is 11.6 Å². The molecule has 2 unspecified atom stereocenters. The standard InChI is InChI=1S/C19H16ClN/c20-18(17-11-14-6-1-3-7-16(14)17)12-15-10-9-13-5-2-4-8-19(13)21-15/h1-10,17-18H,11-12H2. The summed E-state index contributed by atoms with van der Waals surface area (Å²) in [5, 5.41) is 1.30. The average molecular weight is 294 g/mol. The molecule has 4 rings (SSSR count). The van der Waals surface area contributed by atoms with Crippen LogP contribution in [0.15, 0.2) is 60.7 Å². The Morgan fingerprint density at radius 1 is 1.00 bits per heavy atom. The summed E-state index contributed by atoms with van der Waals surface area (Å²) in [5.74, 6) is 0.469. The molecule has 1 nitrogen and oxygen atoms in total. The van der Waals surface area contributed by atoms with Gasteiger partial charge in [-0.05, 0) is 29.7 Å². The molecule has 0 saturated carbocycles. The van der Waals surface area contributed by atoms with E-state index >= 15 is 0 Å². The number of alkyl halides is 1. The minimum absolute atomic E-state index is 0.119. The molecule has 2 atom stereocenters. The van der Waals surface area contributed by atoms with Crippen LogP contribution in [0.4, 0.5) is 0 Å². The second-order valence-corrected chi connectivity index (χ2v) is 6.29. The van der Waals surface area contributed by atoms with Gasteiger partial charge in [-0.15, -0.1) is 11.6 Å². The third kappa shape index (κ3) is 2.32. The number of hydrogen-bond acceptors (Lipinski definition) is 1. The van der Waals surface area contributed by atoms with Crippen molar-refractivity contribution in [2.75, 3.05) is 0 Å². The zero-order chi connectivity index (χ0) is 14.2. The summed E-state index contributed by atoms with van der Waals surface area (Å²) in [7, 11) is 0. The van der Waals surface area contributed by atoms with E-state index in [2.05, 4.69) is 48.5 Å². The molecule has 3 aromatic rings. The van der Waals surface area contributed by atoms with Crippen LogP contribution in [-0.4, -0.2) is 10.4 Å². The number of aromatic nitrogens is 1. The van der Waals surface area contributed by atoms with Gasteiger partial charge in [-0.25, -0.2) is 0 Å². The topological polar surface area (TPSA) is 12.9 Å². The molecule has 0 amide bonds. The number of pyridine rings is 1. The van der Waals surface area contributed by atoms with E-state index in [1.54, 1.807) is 0 Å². The highest BCUT2D eigenvalue weighted by Gasteiger charge is 2.31. The Labute approximate surface area is 129 Å². The van der Waals surface area contributed by atoms with Crippen molar-refractivity contribution < 1.29 is 0 Å². The summed E-state index contributed by atoms with van der Waals surface area (Å²) in [4.78, 5) is 4.73. The molecular formula is C19H16ClN. The molecule has 0 bridgehead atoms. The average Bonchev–Trinajstić information content (AvgIpc) is 2.48. The van der Waals surface area contributed by atoms with Crippen LogP contribution in [0.5, 0.6) is 0 Å². The van der Waals surface area contributed by atoms with Crippen molar-refractivity contribution in [2.24, 2.45) is 0 Å². The van der Waals surface area contributed by atoms with Crippen molar-refractivity contribution in [3.63, 3.8) is 0 Å². The van der Waals surface area contributed by atoms with Gasteiger partial charge < -0.3 is 0 Å². The lowest BCUT2D eigenvalue weighted by molar-refractivity contribution is 0.564. The van der Waals surface area contributed by atoms with Crippen LogP contribution in [0.3, 0.4) is 0 Å². The van der Waals surface area contributed by atoms with Crippen molar-refractivity contribution in [1.29, 1.82) is 0 Å². The van der Waals surface area contributed by atoms with E-state index in [-0.39, 0.29) is 5.38 Å². The highest BCUT2D eigenvalue weighted by Crippen LogP contribution is 2.40. The van der Waals surface area contributed by atoms with Crippen molar-refractivity contribution in [1.82, 2.24) is 4.98 Å². The van der Waals surface area contributed by atoms with Gasteiger partial charge in [0.2, 0.25) is 0 Å². The molecule has 0 saturated heterocycles. The van der Waals surface area contributed by atoms with E-state index in [0.29, 0.717) is 5.92 Å². The van der Waals surface area contributed by atoms with Crippen LogP contribution in [0.25, 0.3) is 10.9 Å².